The minimum Gasteiger partial charge on any atom is -0.394 e. The zero-order valence-electron chi connectivity index (χ0n) is 34.2. The molecule has 0 aromatic carbocycles. The molecule has 0 spiro atoms. The third-order valence-corrected chi connectivity index (χ3v) is 9.64. The minimum atomic E-state index is -1.80. The van der Waals surface area contributed by atoms with Crippen molar-refractivity contribution >= 4 is 5.91 Å². The lowest BCUT2D eigenvalue weighted by molar-refractivity contribution is -0.359. The first-order chi connectivity index (χ1) is 28.1. The summed E-state index contributed by atoms with van der Waals surface area (Å²) in [6, 6.07) is -0.960. The maximum Gasteiger partial charge on any atom is 0.220 e. The lowest BCUT2D eigenvalue weighted by Gasteiger charge is -2.46. The van der Waals surface area contributed by atoms with Crippen LogP contribution < -0.4 is 5.32 Å². The van der Waals surface area contributed by atoms with Crippen LogP contribution in [0.3, 0.4) is 0 Å². The van der Waals surface area contributed by atoms with Gasteiger partial charge in [0, 0.05) is 6.42 Å². The molecule has 2 aliphatic heterocycles. The van der Waals surface area contributed by atoms with Gasteiger partial charge in [0.2, 0.25) is 5.91 Å². The zero-order valence-corrected chi connectivity index (χ0v) is 34.2. The summed E-state index contributed by atoms with van der Waals surface area (Å²) in [6.07, 6.45) is 21.0. The van der Waals surface area contributed by atoms with Crippen LogP contribution in [0.5, 0.6) is 0 Å². The molecule has 14 nitrogen and oxygen atoms in total. The number of allylic oxidation sites excluding steroid dienone is 13. The van der Waals surface area contributed by atoms with Gasteiger partial charge in [-0.1, -0.05) is 92.0 Å². The summed E-state index contributed by atoms with van der Waals surface area (Å²) in [7, 11) is 0. The Labute approximate surface area is 344 Å². The number of hydrogen-bond acceptors (Lipinski definition) is 13. The van der Waals surface area contributed by atoms with Crippen LogP contribution in [0.2, 0.25) is 0 Å². The molecule has 14 heteroatoms. The number of carbonyl (C=O) groups is 1. The summed E-state index contributed by atoms with van der Waals surface area (Å²) in [4.78, 5) is 13.0. The maximum atomic E-state index is 13.0. The second-order valence-corrected chi connectivity index (χ2v) is 14.4. The Kier molecular flexibility index (Phi) is 27.5. The van der Waals surface area contributed by atoms with Crippen LogP contribution in [0, 0.1) is 0 Å². The Hall–Kier alpha value is -2.83. The van der Waals surface area contributed by atoms with E-state index in [0.29, 0.717) is 12.8 Å². The van der Waals surface area contributed by atoms with Crippen LogP contribution in [-0.4, -0.2) is 140 Å². The van der Waals surface area contributed by atoms with Gasteiger partial charge in [0.05, 0.1) is 32.0 Å². The standard InChI is InChI=1S/C44H71NO13/c1-3-5-7-9-11-13-14-15-16-17-18-20-22-24-26-28-36(49)45-32(33(48)27-25-23-21-19-12-10-8-6-4-2)31-55-43-41(54)39(52)42(35(30-47)57-43)58-44-40(53)38(51)37(50)34(29-46)56-44/h4-7,11-13,15-16,18-20,25,27,32-35,37-44,46-48,50-54H,3,8-10,14,17,21-24,26,28-31H2,1-2H3,(H,45,49)/b6-4+,7-5-,13-11-,16-15-,19-12+,20-18-,27-25+. The fraction of sp³-hybridized carbons (Fsp3) is 0.659. The van der Waals surface area contributed by atoms with Gasteiger partial charge in [-0.2, -0.15) is 0 Å². The van der Waals surface area contributed by atoms with E-state index in [0.717, 1.165) is 57.8 Å². The van der Waals surface area contributed by atoms with Gasteiger partial charge in [0.25, 0.3) is 0 Å². The third-order valence-electron chi connectivity index (χ3n) is 9.64. The molecule has 2 rings (SSSR count). The number of nitrogens with one attached hydrogen (secondary N) is 1. The molecule has 58 heavy (non-hydrogen) atoms. The molecule has 0 aromatic heterocycles. The summed E-state index contributed by atoms with van der Waals surface area (Å²) >= 11 is 0. The molecule has 9 N–H and O–H groups in total. The van der Waals surface area contributed by atoms with Crippen LogP contribution in [0.25, 0.3) is 0 Å². The predicted octanol–water partition coefficient (Wildman–Crippen LogP) is 3.09. The van der Waals surface area contributed by atoms with E-state index in [1.807, 2.05) is 19.1 Å². The van der Waals surface area contributed by atoms with E-state index in [1.54, 1.807) is 6.08 Å². The molecule has 0 saturated carbocycles. The lowest BCUT2D eigenvalue weighted by atomic mass is 9.97. The average Bonchev–Trinajstić information content (AvgIpc) is 3.22. The summed E-state index contributed by atoms with van der Waals surface area (Å²) < 4.78 is 22.5. The molecule has 0 aliphatic carbocycles. The molecule has 2 heterocycles. The first kappa shape index (κ1) is 51.3. The highest BCUT2D eigenvalue weighted by molar-refractivity contribution is 5.76. The van der Waals surface area contributed by atoms with Crippen molar-refractivity contribution in [3.8, 4) is 0 Å². The Morgan fingerprint density at radius 1 is 0.655 bits per heavy atom. The van der Waals surface area contributed by atoms with Crippen LogP contribution >= 0.6 is 0 Å². The number of ether oxygens (including phenoxy) is 4. The predicted molar refractivity (Wildman–Crippen MR) is 221 cm³/mol. The SMILES string of the molecule is C/C=C/CC/C=C/CC/C=C/C(O)C(COC1OC(CO)C(OC2OC(CO)C(O)C(O)C2O)C(O)C1O)NC(=O)CCCC/C=C\C/C=C\C/C=C\C/C=C\CC. The van der Waals surface area contributed by atoms with Crippen LogP contribution in [0.15, 0.2) is 85.1 Å². The third kappa shape index (κ3) is 19.5. The molecule has 330 valence electrons. The van der Waals surface area contributed by atoms with Crippen molar-refractivity contribution in [3.63, 3.8) is 0 Å². The minimum absolute atomic E-state index is 0.212. The molecule has 2 saturated heterocycles. The molecular formula is C44H71NO13. The lowest BCUT2D eigenvalue weighted by Crippen LogP contribution is -2.65. The molecule has 12 atom stereocenters. The van der Waals surface area contributed by atoms with E-state index in [4.69, 9.17) is 18.9 Å². The number of rotatable bonds is 28. The van der Waals surface area contributed by atoms with Crippen molar-refractivity contribution in [2.45, 2.75) is 164 Å². The first-order valence-corrected chi connectivity index (χ1v) is 20.8. The van der Waals surface area contributed by atoms with E-state index < -0.39 is 86.8 Å². The number of hydrogen-bond donors (Lipinski definition) is 9. The largest absolute Gasteiger partial charge is 0.394 e. The van der Waals surface area contributed by atoms with E-state index in [9.17, 15) is 45.6 Å². The first-order valence-electron chi connectivity index (χ1n) is 20.8. The maximum absolute atomic E-state index is 13.0. The summed E-state index contributed by atoms with van der Waals surface area (Å²) in [6.45, 7) is 2.31. The number of aliphatic hydroxyl groups is 8. The molecule has 2 aliphatic rings. The van der Waals surface area contributed by atoms with Crippen LogP contribution in [0.4, 0.5) is 0 Å². The van der Waals surface area contributed by atoms with E-state index in [1.165, 1.54) is 0 Å². The van der Waals surface area contributed by atoms with Crippen molar-refractivity contribution in [1.82, 2.24) is 5.32 Å². The topological polar surface area (TPSA) is 228 Å². The molecule has 0 bridgehead atoms. The molecule has 0 radical (unpaired) electrons. The van der Waals surface area contributed by atoms with Gasteiger partial charge in [-0.25, -0.2) is 0 Å². The highest BCUT2D eigenvalue weighted by Crippen LogP contribution is 2.29. The quantitative estimate of drug-likeness (QED) is 0.0409. The van der Waals surface area contributed by atoms with Gasteiger partial charge >= 0.3 is 0 Å². The normalized spacial score (nSPS) is 29.7. The highest BCUT2D eigenvalue weighted by atomic mass is 16.7. The van der Waals surface area contributed by atoms with Crippen LogP contribution in [-0.2, 0) is 23.7 Å². The zero-order chi connectivity index (χ0) is 42.5. The van der Waals surface area contributed by atoms with Gasteiger partial charge in [0.15, 0.2) is 12.6 Å². The summed E-state index contributed by atoms with van der Waals surface area (Å²) in [5.41, 5.74) is 0. The van der Waals surface area contributed by atoms with Gasteiger partial charge < -0.3 is 65.1 Å². The molecule has 0 aromatic rings. The van der Waals surface area contributed by atoms with Gasteiger partial charge in [-0.05, 0) is 77.6 Å². The Morgan fingerprint density at radius 2 is 1.21 bits per heavy atom. The van der Waals surface area contributed by atoms with Crippen molar-refractivity contribution < 1.29 is 64.6 Å². The number of amides is 1. The highest BCUT2D eigenvalue weighted by Gasteiger charge is 2.50. The van der Waals surface area contributed by atoms with E-state index in [2.05, 4.69) is 79.1 Å². The molecule has 1 amide bonds. The van der Waals surface area contributed by atoms with Crippen molar-refractivity contribution in [2.24, 2.45) is 0 Å². The number of carbonyl (C=O) groups excluding carboxylic acids is 1. The fourth-order valence-electron chi connectivity index (χ4n) is 6.20. The Bertz CT molecular complexity index is 1300. The monoisotopic (exact) mass is 821 g/mol. The molecule has 2 fully saturated rings. The Morgan fingerprint density at radius 3 is 1.83 bits per heavy atom. The second-order valence-electron chi connectivity index (χ2n) is 14.4. The summed E-state index contributed by atoms with van der Waals surface area (Å²) in [5, 5.41) is 86.1. The van der Waals surface area contributed by atoms with Crippen molar-refractivity contribution in [3.05, 3.63) is 85.1 Å². The second kappa shape index (κ2) is 31.1. The van der Waals surface area contributed by atoms with Crippen molar-refractivity contribution in [2.75, 3.05) is 19.8 Å². The smallest absolute Gasteiger partial charge is 0.220 e. The summed E-state index contributed by atoms with van der Waals surface area (Å²) in [5.74, 6) is -0.304. The van der Waals surface area contributed by atoms with Gasteiger partial charge in [-0.15, -0.1) is 0 Å². The number of aliphatic hydroxyl groups excluding tert-OH is 8. The average molecular weight is 822 g/mol. The number of unbranched alkanes of at least 4 members (excludes halogenated alkanes) is 4. The van der Waals surface area contributed by atoms with E-state index >= 15 is 0 Å². The Balaban J connectivity index is 1.95. The molecule has 12 unspecified atom stereocenters. The van der Waals surface area contributed by atoms with Gasteiger partial charge in [0.1, 0.15) is 48.8 Å². The van der Waals surface area contributed by atoms with E-state index in [-0.39, 0.29) is 18.9 Å². The fourth-order valence-corrected chi connectivity index (χ4v) is 6.20. The molecular weight excluding hydrogens is 750 g/mol. The van der Waals surface area contributed by atoms with Gasteiger partial charge in [-0.3, -0.25) is 4.79 Å². The van der Waals surface area contributed by atoms with Crippen LogP contribution in [0.1, 0.15) is 90.9 Å². The van der Waals surface area contributed by atoms with Crippen molar-refractivity contribution in [1.29, 1.82) is 0 Å².